The van der Waals surface area contributed by atoms with Gasteiger partial charge in [-0.15, -0.1) is 0 Å². The average Bonchev–Trinajstić information content (AvgIpc) is 2.55. The van der Waals surface area contributed by atoms with E-state index in [-0.39, 0.29) is 5.91 Å². The fourth-order valence-corrected chi connectivity index (χ4v) is 2.41. The zero-order chi connectivity index (χ0) is 15.1. The highest BCUT2D eigenvalue weighted by molar-refractivity contribution is 5.97. The summed E-state index contributed by atoms with van der Waals surface area (Å²) in [5.74, 6) is -0.742. The molecule has 0 radical (unpaired) electrons. The Balaban J connectivity index is 1.82. The monoisotopic (exact) mass is 288 g/mol. The average molecular weight is 288 g/mol. The number of hydroxylamine groups is 1. The number of rotatable bonds is 5. The smallest absolute Gasteiger partial charge is 0.274 e. The van der Waals surface area contributed by atoms with E-state index in [1.54, 1.807) is 17.6 Å². The van der Waals surface area contributed by atoms with E-state index in [9.17, 15) is 9.59 Å². The third kappa shape index (κ3) is 4.43. The molecular weight excluding hydrogens is 268 g/mol. The van der Waals surface area contributed by atoms with E-state index in [0.29, 0.717) is 17.7 Å². The minimum atomic E-state index is -0.591. The Kier molecular flexibility index (Phi) is 5.51. The van der Waals surface area contributed by atoms with E-state index in [1.807, 2.05) is 0 Å². The second-order valence-electron chi connectivity index (χ2n) is 5.13. The van der Waals surface area contributed by atoms with E-state index in [4.69, 9.17) is 5.21 Å². The van der Waals surface area contributed by atoms with Gasteiger partial charge in [0.05, 0.1) is 0 Å². The molecule has 0 spiro atoms. The van der Waals surface area contributed by atoms with Gasteiger partial charge in [0.2, 0.25) is 0 Å². The topological polar surface area (TPSA) is 78.4 Å². The van der Waals surface area contributed by atoms with Crippen molar-refractivity contribution in [2.24, 2.45) is 0 Å². The number of carbonyl (C=O) groups is 2. The summed E-state index contributed by atoms with van der Waals surface area (Å²) in [7, 11) is 0. The zero-order valence-corrected chi connectivity index (χ0v) is 11.9. The summed E-state index contributed by atoms with van der Waals surface area (Å²) in [5, 5.41) is 11.4. The maximum absolute atomic E-state index is 12.0. The van der Waals surface area contributed by atoms with Crippen LogP contribution in [0.15, 0.2) is 35.9 Å². The van der Waals surface area contributed by atoms with Gasteiger partial charge >= 0.3 is 0 Å². The molecule has 3 N–H and O–H groups in total. The van der Waals surface area contributed by atoms with Crippen LogP contribution < -0.4 is 10.8 Å². The molecule has 5 heteroatoms. The Morgan fingerprint density at radius 1 is 1.05 bits per heavy atom. The molecule has 1 aliphatic carbocycles. The Labute approximate surface area is 124 Å². The lowest BCUT2D eigenvalue weighted by atomic mass is 9.97. The van der Waals surface area contributed by atoms with E-state index in [0.717, 1.165) is 19.3 Å². The molecule has 0 heterocycles. The molecule has 5 nitrogen and oxygen atoms in total. The van der Waals surface area contributed by atoms with Gasteiger partial charge in [-0.25, -0.2) is 5.48 Å². The summed E-state index contributed by atoms with van der Waals surface area (Å²) in [4.78, 5) is 23.1. The van der Waals surface area contributed by atoms with Gasteiger partial charge in [0.15, 0.2) is 0 Å². The van der Waals surface area contributed by atoms with Crippen molar-refractivity contribution < 1.29 is 14.8 Å². The Hall–Kier alpha value is -2.14. The molecule has 0 atom stereocenters. The highest BCUT2D eigenvalue weighted by atomic mass is 16.5. The maximum atomic E-state index is 12.0. The number of carbonyl (C=O) groups excluding carboxylic acids is 2. The lowest BCUT2D eigenvalue weighted by Crippen LogP contribution is -2.25. The van der Waals surface area contributed by atoms with Crippen molar-refractivity contribution in [3.63, 3.8) is 0 Å². The van der Waals surface area contributed by atoms with Crippen LogP contribution in [0.1, 0.15) is 52.8 Å². The third-order valence-corrected chi connectivity index (χ3v) is 3.63. The van der Waals surface area contributed by atoms with Gasteiger partial charge in [-0.3, -0.25) is 14.8 Å². The molecule has 0 fully saturated rings. The Morgan fingerprint density at radius 2 is 1.71 bits per heavy atom. The summed E-state index contributed by atoms with van der Waals surface area (Å²) < 4.78 is 0. The summed E-state index contributed by atoms with van der Waals surface area (Å²) in [5.41, 5.74) is 3.79. The van der Waals surface area contributed by atoms with Crippen molar-refractivity contribution in [3.8, 4) is 0 Å². The predicted molar refractivity (Wildman–Crippen MR) is 79.2 cm³/mol. The molecule has 1 aliphatic rings. The Morgan fingerprint density at radius 3 is 2.29 bits per heavy atom. The zero-order valence-electron chi connectivity index (χ0n) is 11.9. The lowest BCUT2D eigenvalue weighted by Gasteiger charge is -2.13. The number of hydrogen-bond donors (Lipinski definition) is 3. The third-order valence-electron chi connectivity index (χ3n) is 3.63. The van der Waals surface area contributed by atoms with Crippen molar-refractivity contribution in [1.29, 1.82) is 0 Å². The molecule has 2 rings (SSSR count). The summed E-state index contributed by atoms with van der Waals surface area (Å²) in [6.07, 6.45) is 7.98. The fourth-order valence-electron chi connectivity index (χ4n) is 2.41. The largest absolute Gasteiger partial charge is 0.352 e. The molecule has 1 aromatic rings. The van der Waals surface area contributed by atoms with Crippen LogP contribution in [-0.2, 0) is 0 Å². The first kappa shape index (κ1) is 15.3. The van der Waals surface area contributed by atoms with Crippen molar-refractivity contribution in [2.45, 2.75) is 32.1 Å². The molecule has 21 heavy (non-hydrogen) atoms. The van der Waals surface area contributed by atoms with Gasteiger partial charge < -0.3 is 5.32 Å². The van der Waals surface area contributed by atoms with E-state index in [1.165, 1.54) is 30.5 Å². The van der Waals surface area contributed by atoms with Crippen LogP contribution in [0, 0.1) is 0 Å². The molecule has 1 aromatic carbocycles. The normalized spacial score (nSPS) is 14.2. The van der Waals surface area contributed by atoms with Crippen LogP contribution in [0.25, 0.3) is 0 Å². The quantitative estimate of drug-likeness (QED) is 0.442. The van der Waals surface area contributed by atoms with Crippen molar-refractivity contribution >= 4 is 11.8 Å². The van der Waals surface area contributed by atoms with Crippen LogP contribution in [0.2, 0.25) is 0 Å². The van der Waals surface area contributed by atoms with Crippen LogP contribution in [-0.4, -0.2) is 23.6 Å². The highest BCUT2D eigenvalue weighted by Gasteiger charge is 2.09. The molecule has 0 bridgehead atoms. The van der Waals surface area contributed by atoms with Gasteiger partial charge in [-0.05, 0) is 56.4 Å². The van der Waals surface area contributed by atoms with E-state index in [2.05, 4.69) is 11.4 Å². The number of amides is 2. The molecule has 0 saturated carbocycles. The number of nitrogens with one attached hydrogen (secondary N) is 2. The van der Waals surface area contributed by atoms with Crippen LogP contribution >= 0.6 is 0 Å². The van der Waals surface area contributed by atoms with Gasteiger partial charge in [0.25, 0.3) is 11.8 Å². The summed E-state index contributed by atoms with van der Waals surface area (Å²) in [6.45, 7) is 0.629. The van der Waals surface area contributed by atoms with Crippen molar-refractivity contribution in [1.82, 2.24) is 10.8 Å². The van der Waals surface area contributed by atoms with Gasteiger partial charge in [-0.1, -0.05) is 11.6 Å². The molecule has 0 saturated heterocycles. The first-order chi connectivity index (χ1) is 10.2. The molecule has 112 valence electrons. The van der Waals surface area contributed by atoms with Crippen molar-refractivity contribution in [2.75, 3.05) is 6.54 Å². The fraction of sp³-hybridized carbons (Fsp3) is 0.375. The first-order valence-corrected chi connectivity index (χ1v) is 7.21. The number of hydrogen-bond acceptors (Lipinski definition) is 3. The minimum Gasteiger partial charge on any atom is -0.352 e. The maximum Gasteiger partial charge on any atom is 0.274 e. The number of benzene rings is 1. The van der Waals surface area contributed by atoms with E-state index < -0.39 is 5.91 Å². The number of allylic oxidation sites excluding steroid dienone is 1. The molecule has 0 unspecified atom stereocenters. The van der Waals surface area contributed by atoms with Gasteiger partial charge in [-0.2, -0.15) is 0 Å². The predicted octanol–water partition coefficient (Wildman–Crippen LogP) is 2.43. The van der Waals surface area contributed by atoms with E-state index >= 15 is 0 Å². The summed E-state index contributed by atoms with van der Waals surface area (Å²) >= 11 is 0. The highest BCUT2D eigenvalue weighted by Crippen LogP contribution is 2.19. The second-order valence-corrected chi connectivity index (χ2v) is 5.13. The standard InChI is InChI=1S/C16H20N2O3/c19-15(17-11-10-12-4-2-1-3-5-12)13-6-8-14(9-7-13)16(20)18-21/h4,6-9,21H,1-3,5,10-11H2,(H,17,19)(H,18,20). The Bertz CT molecular complexity index is 535. The SMILES string of the molecule is O=C(NO)c1ccc(C(=O)NCCC2=CCCCC2)cc1. The van der Waals surface area contributed by atoms with Crippen LogP contribution in [0.5, 0.6) is 0 Å². The van der Waals surface area contributed by atoms with Crippen LogP contribution in [0.3, 0.4) is 0 Å². The van der Waals surface area contributed by atoms with Gasteiger partial charge in [0, 0.05) is 17.7 Å². The summed E-state index contributed by atoms with van der Waals surface area (Å²) in [6, 6.07) is 6.15. The van der Waals surface area contributed by atoms with Crippen molar-refractivity contribution in [3.05, 3.63) is 47.0 Å². The van der Waals surface area contributed by atoms with Gasteiger partial charge in [0.1, 0.15) is 0 Å². The van der Waals surface area contributed by atoms with Crippen LogP contribution in [0.4, 0.5) is 0 Å². The molecule has 2 amide bonds. The first-order valence-electron chi connectivity index (χ1n) is 7.21. The lowest BCUT2D eigenvalue weighted by molar-refractivity contribution is 0.0706. The molecular formula is C16H20N2O3. The minimum absolute atomic E-state index is 0.151. The molecule has 0 aliphatic heterocycles. The molecule has 0 aromatic heterocycles. The second kappa shape index (κ2) is 7.59.